The van der Waals surface area contributed by atoms with Crippen molar-refractivity contribution in [3.05, 3.63) is 59.7 Å². The standard InChI is InChI=1S/C17H21NO/c1-4-19-17-8-6-5-7-16(17)18-14(3)15-11-9-13(2)10-12-15/h5-12,14,18H,4H2,1-3H3. The van der Waals surface area contributed by atoms with Gasteiger partial charge in [-0.05, 0) is 38.5 Å². The topological polar surface area (TPSA) is 21.3 Å². The highest BCUT2D eigenvalue weighted by atomic mass is 16.5. The molecule has 1 N–H and O–H groups in total. The van der Waals surface area contributed by atoms with Gasteiger partial charge in [0.15, 0.2) is 0 Å². The quantitative estimate of drug-likeness (QED) is 0.845. The van der Waals surface area contributed by atoms with E-state index < -0.39 is 0 Å². The first kappa shape index (κ1) is 13.5. The summed E-state index contributed by atoms with van der Waals surface area (Å²) in [5.41, 5.74) is 3.60. The van der Waals surface area contributed by atoms with Crippen molar-refractivity contribution >= 4 is 5.69 Å². The molecule has 0 amide bonds. The van der Waals surface area contributed by atoms with Crippen LogP contribution in [-0.2, 0) is 0 Å². The number of hydrogen-bond donors (Lipinski definition) is 1. The molecule has 0 aliphatic rings. The maximum atomic E-state index is 5.63. The number of rotatable bonds is 5. The van der Waals surface area contributed by atoms with Crippen LogP contribution in [0.4, 0.5) is 5.69 Å². The summed E-state index contributed by atoms with van der Waals surface area (Å²) in [7, 11) is 0. The highest BCUT2D eigenvalue weighted by Crippen LogP contribution is 2.28. The number of ether oxygens (including phenoxy) is 1. The van der Waals surface area contributed by atoms with Crippen molar-refractivity contribution in [1.82, 2.24) is 0 Å². The average molecular weight is 255 g/mol. The van der Waals surface area contributed by atoms with Crippen molar-refractivity contribution in [2.45, 2.75) is 26.8 Å². The smallest absolute Gasteiger partial charge is 0.142 e. The van der Waals surface area contributed by atoms with Crippen LogP contribution in [-0.4, -0.2) is 6.61 Å². The second-order valence-corrected chi connectivity index (χ2v) is 4.71. The number of hydrogen-bond acceptors (Lipinski definition) is 2. The molecule has 1 atom stereocenters. The normalized spacial score (nSPS) is 11.9. The minimum absolute atomic E-state index is 0.252. The predicted octanol–water partition coefficient (Wildman–Crippen LogP) is 4.57. The van der Waals surface area contributed by atoms with Gasteiger partial charge in [-0.1, -0.05) is 42.0 Å². The molecule has 2 rings (SSSR count). The van der Waals surface area contributed by atoms with Crippen LogP contribution < -0.4 is 10.1 Å². The average Bonchev–Trinajstić information content (AvgIpc) is 2.42. The van der Waals surface area contributed by atoms with Gasteiger partial charge in [0, 0.05) is 6.04 Å². The van der Waals surface area contributed by atoms with Gasteiger partial charge in [0.25, 0.3) is 0 Å². The van der Waals surface area contributed by atoms with Crippen molar-refractivity contribution < 1.29 is 4.74 Å². The molecule has 0 spiro atoms. The molecule has 2 heteroatoms. The van der Waals surface area contributed by atoms with Gasteiger partial charge in [0.1, 0.15) is 5.75 Å². The molecule has 2 nitrogen and oxygen atoms in total. The summed E-state index contributed by atoms with van der Waals surface area (Å²) in [6.45, 7) is 6.94. The molecular formula is C17H21NO. The third kappa shape index (κ3) is 3.50. The highest BCUT2D eigenvalue weighted by molar-refractivity contribution is 5.57. The van der Waals surface area contributed by atoms with Gasteiger partial charge in [-0.25, -0.2) is 0 Å². The Morgan fingerprint density at radius 3 is 2.42 bits per heavy atom. The van der Waals surface area contributed by atoms with Gasteiger partial charge in [-0.3, -0.25) is 0 Å². The van der Waals surface area contributed by atoms with Gasteiger partial charge < -0.3 is 10.1 Å². The largest absolute Gasteiger partial charge is 0.492 e. The van der Waals surface area contributed by atoms with Crippen LogP contribution in [0.1, 0.15) is 31.0 Å². The van der Waals surface area contributed by atoms with E-state index in [1.54, 1.807) is 0 Å². The molecule has 2 aromatic carbocycles. The Kier molecular flexibility index (Phi) is 4.45. The Labute approximate surface area is 115 Å². The summed E-state index contributed by atoms with van der Waals surface area (Å²) in [6, 6.07) is 16.9. The summed E-state index contributed by atoms with van der Waals surface area (Å²) < 4.78 is 5.63. The fourth-order valence-electron chi connectivity index (χ4n) is 2.04. The third-order valence-corrected chi connectivity index (χ3v) is 3.14. The minimum atomic E-state index is 0.252. The van der Waals surface area contributed by atoms with Crippen molar-refractivity contribution in [3.8, 4) is 5.75 Å². The minimum Gasteiger partial charge on any atom is -0.492 e. The van der Waals surface area contributed by atoms with Crippen LogP contribution in [0.15, 0.2) is 48.5 Å². The van der Waals surface area contributed by atoms with Crippen LogP contribution >= 0.6 is 0 Å². The van der Waals surface area contributed by atoms with E-state index in [9.17, 15) is 0 Å². The van der Waals surface area contributed by atoms with E-state index in [4.69, 9.17) is 4.74 Å². The van der Waals surface area contributed by atoms with Crippen LogP contribution in [0.5, 0.6) is 5.75 Å². The Bertz CT molecular complexity index is 519. The molecule has 0 bridgehead atoms. The van der Waals surface area contributed by atoms with Gasteiger partial charge in [0.2, 0.25) is 0 Å². The van der Waals surface area contributed by atoms with Crippen molar-refractivity contribution in [1.29, 1.82) is 0 Å². The number of para-hydroxylation sites is 2. The lowest BCUT2D eigenvalue weighted by Gasteiger charge is -2.18. The molecule has 0 radical (unpaired) electrons. The van der Waals surface area contributed by atoms with E-state index in [1.165, 1.54) is 11.1 Å². The molecule has 0 aromatic heterocycles. The van der Waals surface area contributed by atoms with Crippen molar-refractivity contribution in [2.24, 2.45) is 0 Å². The molecule has 0 saturated heterocycles. The molecule has 100 valence electrons. The van der Waals surface area contributed by atoms with E-state index in [1.807, 2.05) is 25.1 Å². The fraction of sp³-hybridized carbons (Fsp3) is 0.294. The molecule has 1 unspecified atom stereocenters. The summed E-state index contributed by atoms with van der Waals surface area (Å²) in [4.78, 5) is 0. The maximum Gasteiger partial charge on any atom is 0.142 e. The second kappa shape index (κ2) is 6.28. The summed E-state index contributed by atoms with van der Waals surface area (Å²) in [5, 5.41) is 3.51. The van der Waals surface area contributed by atoms with E-state index >= 15 is 0 Å². The van der Waals surface area contributed by atoms with E-state index in [0.717, 1.165) is 11.4 Å². The zero-order chi connectivity index (χ0) is 13.7. The Balaban J connectivity index is 2.14. The molecule has 2 aromatic rings. The SMILES string of the molecule is CCOc1ccccc1NC(C)c1ccc(C)cc1. The lowest BCUT2D eigenvalue weighted by atomic mass is 10.1. The van der Waals surface area contributed by atoms with Crippen LogP contribution in [0.25, 0.3) is 0 Å². The number of benzene rings is 2. The third-order valence-electron chi connectivity index (χ3n) is 3.14. The number of anilines is 1. The van der Waals surface area contributed by atoms with Crippen LogP contribution in [0.3, 0.4) is 0 Å². The number of nitrogens with one attached hydrogen (secondary N) is 1. The summed E-state index contributed by atoms with van der Waals surface area (Å²) in [6.07, 6.45) is 0. The highest BCUT2D eigenvalue weighted by Gasteiger charge is 2.08. The monoisotopic (exact) mass is 255 g/mol. The van der Waals surface area contributed by atoms with E-state index in [0.29, 0.717) is 6.61 Å². The van der Waals surface area contributed by atoms with Gasteiger partial charge in [0.05, 0.1) is 12.3 Å². The maximum absolute atomic E-state index is 5.63. The Morgan fingerprint density at radius 2 is 1.74 bits per heavy atom. The lowest BCUT2D eigenvalue weighted by Crippen LogP contribution is -2.08. The predicted molar refractivity (Wildman–Crippen MR) is 80.8 cm³/mol. The van der Waals surface area contributed by atoms with Gasteiger partial charge in [-0.15, -0.1) is 0 Å². The molecule has 0 fully saturated rings. The van der Waals surface area contributed by atoms with E-state index in [-0.39, 0.29) is 6.04 Å². The first-order valence-corrected chi connectivity index (χ1v) is 6.75. The molecule has 19 heavy (non-hydrogen) atoms. The zero-order valence-corrected chi connectivity index (χ0v) is 11.8. The second-order valence-electron chi connectivity index (χ2n) is 4.71. The van der Waals surface area contributed by atoms with Crippen molar-refractivity contribution in [3.63, 3.8) is 0 Å². The first-order chi connectivity index (χ1) is 9.20. The molecular weight excluding hydrogens is 234 g/mol. The Hall–Kier alpha value is -1.96. The molecule has 0 aliphatic carbocycles. The van der Waals surface area contributed by atoms with Gasteiger partial charge in [-0.2, -0.15) is 0 Å². The van der Waals surface area contributed by atoms with Gasteiger partial charge >= 0.3 is 0 Å². The molecule has 0 saturated carbocycles. The molecule has 0 heterocycles. The fourth-order valence-corrected chi connectivity index (χ4v) is 2.04. The molecule has 0 aliphatic heterocycles. The lowest BCUT2D eigenvalue weighted by molar-refractivity contribution is 0.341. The van der Waals surface area contributed by atoms with E-state index in [2.05, 4.69) is 49.5 Å². The number of aryl methyl sites for hydroxylation is 1. The first-order valence-electron chi connectivity index (χ1n) is 6.75. The Morgan fingerprint density at radius 1 is 1.05 bits per heavy atom. The van der Waals surface area contributed by atoms with Crippen molar-refractivity contribution in [2.75, 3.05) is 11.9 Å². The van der Waals surface area contributed by atoms with Crippen LogP contribution in [0, 0.1) is 6.92 Å². The summed E-state index contributed by atoms with van der Waals surface area (Å²) in [5.74, 6) is 0.906. The summed E-state index contributed by atoms with van der Waals surface area (Å²) >= 11 is 0. The zero-order valence-electron chi connectivity index (χ0n) is 11.8. The van der Waals surface area contributed by atoms with Crippen LogP contribution in [0.2, 0.25) is 0 Å².